The molecular weight excluding hydrogens is 245 g/mol. The fraction of sp³-hybridized carbons (Fsp3) is 0.600. The van der Waals surface area contributed by atoms with E-state index in [9.17, 15) is 4.39 Å². The molecule has 0 radical (unpaired) electrons. The molecule has 2 aliphatic rings. The minimum atomic E-state index is -0.232. The molecule has 104 valence electrons. The number of ether oxygens (including phenoxy) is 2. The van der Waals surface area contributed by atoms with E-state index in [0.29, 0.717) is 11.8 Å². The van der Waals surface area contributed by atoms with Crippen LogP contribution in [0.4, 0.5) is 4.39 Å². The molecule has 19 heavy (non-hydrogen) atoms. The number of hydrogen-bond acceptors (Lipinski definition) is 3. The van der Waals surface area contributed by atoms with Gasteiger partial charge < -0.3 is 9.47 Å². The standard InChI is InChI=1S/C15H20FNO2/c1-11-2-3-12(16)8-15(11)19-14-4-6-17(7-5-14)13-9-18-10-13/h2-3,8,13-14H,4-7,9-10H2,1H3. The van der Waals surface area contributed by atoms with E-state index in [4.69, 9.17) is 9.47 Å². The Balaban J connectivity index is 1.55. The van der Waals surface area contributed by atoms with Crippen molar-refractivity contribution < 1.29 is 13.9 Å². The Morgan fingerprint density at radius 2 is 2.00 bits per heavy atom. The van der Waals surface area contributed by atoms with Crippen LogP contribution in [0.2, 0.25) is 0 Å². The van der Waals surface area contributed by atoms with Crippen molar-refractivity contribution in [3.05, 3.63) is 29.6 Å². The smallest absolute Gasteiger partial charge is 0.126 e. The van der Waals surface area contributed by atoms with Gasteiger partial charge in [0.1, 0.15) is 17.7 Å². The number of halogens is 1. The summed E-state index contributed by atoms with van der Waals surface area (Å²) in [4.78, 5) is 2.47. The van der Waals surface area contributed by atoms with Crippen LogP contribution in [-0.2, 0) is 4.74 Å². The third kappa shape index (κ3) is 2.90. The maximum atomic E-state index is 13.2. The Morgan fingerprint density at radius 3 is 2.63 bits per heavy atom. The van der Waals surface area contributed by atoms with Crippen molar-refractivity contribution in [2.24, 2.45) is 0 Å². The van der Waals surface area contributed by atoms with Crippen LogP contribution >= 0.6 is 0 Å². The predicted octanol–water partition coefficient (Wildman–Crippen LogP) is 2.38. The number of likely N-dealkylation sites (tertiary alicyclic amines) is 1. The Morgan fingerprint density at radius 1 is 1.26 bits per heavy atom. The van der Waals surface area contributed by atoms with Gasteiger partial charge in [0.25, 0.3) is 0 Å². The van der Waals surface area contributed by atoms with Crippen LogP contribution in [0.25, 0.3) is 0 Å². The topological polar surface area (TPSA) is 21.7 Å². The largest absolute Gasteiger partial charge is 0.490 e. The summed E-state index contributed by atoms with van der Waals surface area (Å²) in [6.07, 6.45) is 2.22. The second kappa shape index (κ2) is 5.47. The van der Waals surface area contributed by atoms with Crippen molar-refractivity contribution in [1.29, 1.82) is 0 Å². The lowest BCUT2D eigenvalue weighted by atomic mass is 10.0. The van der Waals surface area contributed by atoms with Crippen LogP contribution < -0.4 is 4.74 Å². The van der Waals surface area contributed by atoms with Crippen molar-refractivity contribution in [3.63, 3.8) is 0 Å². The average molecular weight is 265 g/mol. The van der Waals surface area contributed by atoms with Crippen molar-refractivity contribution in [2.75, 3.05) is 26.3 Å². The van der Waals surface area contributed by atoms with Crippen LogP contribution in [-0.4, -0.2) is 43.3 Å². The maximum absolute atomic E-state index is 13.2. The molecule has 0 N–H and O–H groups in total. The quantitative estimate of drug-likeness (QED) is 0.837. The number of piperidine rings is 1. The molecule has 0 unspecified atom stereocenters. The molecule has 3 nitrogen and oxygen atoms in total. The van der Waals surface area contributed by atoms with Gasteiger partial charge in [-0.1, -0.05) is 6.07 Å². The molecule has 2 heterocycles. The summed E-state index contributed by atoms with van der Waals surface area (Å²) >= 11 is 0. The van der Waals surface area contributed by atoms with Gasteiger partial charge in [0, 0.05) is 19.2 Å². The molecule has 0 aliphatic carbocycles. The van der Waals surface area contributed by atoms with E-state index >= 15 is 0 Å². The zero-order valence-corrected chi connectivity index (χ0v) is 11.3. The van der Waals surface area contributed by atoms with Gasteiger partial charge in [-0.15, -0.1) is 0 Å². The number of aryl methyl sites for hydroxylation is 1. The van der Waals surface area contributed by atoms with Crippen LogP contribution in [0.5, 0.6) is 5.75 Å². The second-order valence-corrected chi connectivity index (χ2v) is 5.45. The molecule has 2 aliphatic heterocycles. The zero-order valence-electron chi connectivity index (χ0n) is 11.3. The Kier molecular flexibility index (Phi) is 3.71. The molecular formula is C15H20FNO2. The first-order chi connectivity index (χ1) is 9.22. The van der Waals surface area contributed by atoms with Gasteiger partial charge >= 0.3 is 0 Å². The number of benzene rings is 1. The normalized spacial score (nSPS) is 22.2. The van der Waals surface area contributed by atoms with Crippen LogP contribution in [0.1, 0.15) is 18.4 Å². The van der Waals surface area contributed by atoms with Crippen molar-refractivity contribution in [3.8, 4) is 5.75 Å². The molecule has 0 aromatic heterocycles. The third-order valence-corrected chi connectivity index (χ3v) is 4.06. The molecule has 1 aromatic rings. The maximum Gasteiger partial charge on any atom is 0.126 e. The Hall–Kier alpha value is -1.13. The zero-order chi connectivity index (χ0) is 13.2. The predicted molar refractivity (Wildman–Crippen MR) is 71.0 cm³/mol. The van der Waals surface area contributed by atoms with Gasteiger partial charge in [0.05, 0.1) is 19.3 Å². The Labute approximate surface area is 113 Å². The fourth-order valence-corrected chi connectivity index (χ4v) is 2.67. The average Bonchev–Trinajstić information content (AvgIpc) is 2.34. The summed E-state index contributed by atoms with van der Waals surface area (Å²) < 4.78 is 24.4. The van der Waals surface area contributed by atoms with Gasteiger partial charge in [-0.05, 0) is 31.4 Å². The highest BCUT2D eigenvalue weighted by molar-refractivity contribution is 5.32. The SMILES string of the molecule is Cc1ccc(F)cc1OC1CCN(C2COC2)CC1. The van der Waals surface area contributed by atoms with Gasteiger partial charge in [-0.2, -0.15) is 0 Å². The number of nitrogens with zero attached hydrogens (tertiary/aromatic N) is 1. The summed E-state index contributed by atoms with van der Waals surface area (Å²) in [6.45, 7) is 5.79. The number of hydrogen-bond donors (Lipinski definition) is 0. The van der Waals surface area contributed by atoms with Crippen LogP contribution in [0, 0.1) is 12.7 Å². The molecule has 0 bridgehead atoms. The lowest BCUT2D eigenvalue weighted by Crippen LogP contribution is -2.52. The summed E-state index contributed by atoms with van der Waals surface area (Å²) in [5.74, 6) is 0.454. The number of rotatable bonds is 3. The van der Waals surface area contributed by atoms with E-state index in [0.717, 1.165) is 44.7 Å². The highest BCUT2D eigenvalue weighted by atomic mass is 19.1. The van der Waals surface area contributed by atoms with Gasteiger partial charge in [-0.25, -0.2) is 4.39 Å². The van der Waals surface area contributed by atoms with E-state index in [2.05, 4.69) is 4.90 Å². The molecule has 1 aromatic carbocycles. The summed E-state index contributed by atoms with van der Waals surface area (Å²) in [5, 5.41) is 0. The molecule has 2 saturated heterocycles. The minimum absolute atomic E-state index is 0.206. The first kappa shape index (κ1) is 12.9. The van der Waals surface area contributed by atoms with Crippen molar-refractivity contribution in [1.82, 2.24) is 4.90 Å². The first-order valence-corrected chi connectivity index (χ1v) is 6.97. The lowest BCUT2D eigenvalue weighted by Gasteiger charge is -2.41. The van der Waals surface area contributed by atoms with Crippen molar-refractivity contribution in [2.45, 2.75) is 31.9 Å². The molecule has 0 saturated carbocycles. The first-order valence-electron chi connectivity index (χ1n) is 6.97. The van der Waals surface area contributed by atoms with Crippen LogP contribution in [0.15, 0.2) is 18.2 Å². The van der Waals surface area contributed by atoms with E-state index in [1.165, 1.54) is 12.1 Å². The summed E-state index contributed by atoms with van der Waals surface area (Å²) in [7, 11) is 0. The molecule has 4 heteroatoms. The van der Waals surface area contributed by atoms with E-state index < -0.39 is 0 Å². The van der Waals surface area contributed by atoms with Gasteiger partial charge in [0.2, 0.25) is 0 Å². The molecule has 3 rings (SSSR count). The second-order valence-electron chi connectivity index (χ2n) is 5.45. The molecule has 0 amide bonds. The summed E-state index contributed by atoms with van der Waals surface area (Å²) in [6, 6.07) is 5.34. The van der Waals surface area contributed by atoms with E-state index in [1.54, 1.807) is 6.07 Å². The third-order valence-electron chi connectivity index (χ3n) is 4.06. The molecule has 0 spiro atoms. The van der Waals surface area contributed by atoms with Crippen molar-refractivity contribution >= 4 is 0 Å². The van der Waals surface area contributed by atoms with Crippen LogP contribution in [0.3, 0.4) is 0 Å². The van der Waals surface area contributed by atoms with E-state index in [1.807, 2.05) is 6.92 Å². The molecule has 0 atom stereocenters. The fourth-order valence-electron chi connectivity index (χ4n) is 2.67. The van der Waals surface area contributed by atoms with Gasteiger partial charge in [-0.3, -0.25) is 4.90 Å². The van der Waals surface area contributed by atoms with E-state index in [-0.39, 0.29) is 11.9 Å². The highest BCUT2D eigenvalue weighted by Gasteiger charge is 2.30. The summed E-state index contributed by atoms with van der Waals surface area (Å²) in [5.41, 5.74) is 0.997. The minimum Gasteiger partial charge on any atom is -0.490 e. The monoisotopic (exact) mass is 265 g/mol. The Bertz CT molecular complexity index is 440. The van der Waals surface area contributed by atoms with Gasteiger partial charge in [0.15, 0.2) is 0 Å². The molecule has 2 fully saturated rings. The lowest BCUT2D eigenvalue weighted by molar-refractivity contribution is -0.0778. The highest BCUT2D eigenvalue weighted by Crippen LogP contribution is 2.25.